The highest BCUT2D eigenvalue weighted by Crippen LogP contribution is 2.28. The summed E-state index contributed by atoms with van der Waals surface area (Å²) in [5.41, 5.74) is 2.48. The Labute approximate surface area is 222 Å². The molecule has 0 unspecified atom stereocenters. The lowest BCUT2D eigenvalue weighted by Crippen LogP contribution is -2.30. The van der Waals surface area contributed by atoms with Crippen LogP contribution >= 0.6 is 11.8 Å². The van der Waals surface area contributed by atoms with E-state index in [1.54, 1.807) is 30.3 Å². The predicted octanol–water partition coefficient (Wildman–Crippen LogP) is 5.19. The van der Waals surface area contributed by atoms with Crippen molar-refractivity contribution in [2.75, 3.05) is 18.8 Å². The molecule has 0 atom stereocenters. The molecule has 0 bridgehead atoms. The third-order valence-electron chi connectivity index (χ3n) is 6.05. The maximum Gasteiger partial charge on any atom is 0.243 e. The number of thioether (sulfide) groups is 1. The van der Waals surface area contributed by atoms with E-state index >= 15 is 0 Å². The third-order valence-corrected chi connectivity index (χ3v) is 9.06. The average molecular weight is 535 g/mol. The van der Waals surface area contributed by atoms with E-state index in [1.807, 2.05) is 60.9 Å². The second-order valence-corrected chi connectivity index (χ2v) is 11.3. The molecular formula is C28H30N4O3S2. The molecule has 0 aliphatic heterocycles. The lowest BCUT2D eigenvalue weighted by atomic mass is 10.1. The molecule has 0 aliphatic carbocycles. The van der Waals surface area contributed by atoms with Gasteiger partial charge < -0.3 is 4.57 Å². The summed E-state index contributed by atoms with van der Waals surface area (Å²) in [4.78, 5) is 12.9. The Kier molecular flexibility index (Phi) is 8.91. The Morgan fingerprint density at radius 2 is 1.57 bits per heavy atom. The number of rotatable bonds is 12. The lowest BCUT2D eigenvalue weighted by Gasteiger charge is -2.19. The lowest BCUT2D eigenvalue weighted by molar-refractivity contribution is 0.102. The maximum absolute atomic E-state index is 13.1. The minimum atomic E-state index is -3.62. The standard InChI is InChI=1S/C28H30N4O3S2/c1-3-31(4-2)37(34,35)25-17-11-16-24(20-25)27-29-30-28(32(27)19-18-22-12-7-5-8-13-22)36-21-26(33)23-14-9-6-10-15-23/h5-17,20H,3-4,18-19,21H2,1-2H3. The van der Waals surface area contributed by atoms with Crippen molar-refractivity contribution in [1.82, 2.24) is 19.1 Å². The first-order valence-electron chi connectivity index (χ1n) is 12.2. The molecule has 0 fully saturated rings. The Balaban J connectivity index is 1.66. The van der Waals surface area contributed by atoms with E-state index in [0.29, 0.717) is 41.7 Å². The smallest absolute Gasteiger partial charge is 0.243 e. The van der Waals surface area contributed by atoms with Crippen LogP contribution in [-0.4, -0.2) is 52.1 Å². The van der Waals surface area contributed by atoms with E-state index < -0.39 is 10.0 Å². The molecule has 3 aromatic carbocycles. The molecule has 0 radical (unpaired) electrons. The van der Waals surface area contributed by atoms with Crippen LogP contribution in [0.2, 0.25) is 0 Å². The monoisotopic (exact) mass is 534 g/mol. The van der Waals surface area contributed by atoms with E-state index in [-0.39, 0.29) is 16.4 Å². The van der Waals surface area contributed by atoms with Crippen LogP contribution in [0, 0.1) is 0 Å². The number of carbonyl (C=O) groups is 1. The molecule has 0 saturated heterocycles. The third kappa shape index (κ3) is 6.36. The summed E-state index contributed by atoms with van der Waals surface area (Å²) in [7, 11) is -3.62. The fourth-order valence-electron chi connectivity index (χ4n) is 4.04. The first-order chi connectivity index (χ1) is 17.9. The molecule has 1 heterocycles. The van der Waals surface area contributed by atoms with Crippen LogP contribution in [0.3, 0.4) is 0 Å². The van der Waals surface area contributed by atoms with Crippen molar-refractivity contribution in [1.29, 1.82) is 0 Å². The van der Waals surface area contributed by atoms with Crippen molar-refractivity contribution in [3.05, 3.63) is 96.1 Å². The molecule has 1 aromatic heterocycles. The van der Waals surface area contributed by atoms with Crippen LogP contribution < -0.4 is 0 Å². The van der Waals surface area contributed by atoms with Gasteiger partial charge in [-0.2, -0.15) is 4.31 Å². The fraction of sp³-hybridized carbons (Fsp3) is 0.250. The van der Waals surface area contributed by atoms with E-state index in [0.717, 1.165) is 12.0 Å². The molecule has 0 saturated carbocycles. The highest BCUT2D eigenvalue weighted by atomic mass is 32.2. The van der Waals surface area contributed by atoms with Gasteiger partial charge in [0.25, 0.3) is 0 Å². The number of sulfonamides is 1. The van der Waals surface area contributed by atoms with Gasteiger partial charge in [-0.1, -0.05) is 98.4 Å². The van der Waals surface area contributed by atoms with Gasteiger partial charge in [-0.05, 0) is 24.1 Å². The topological polar surface area (TPSA) is 85.2 Å². The number of aryl methyl sites for hydroxylation is 1. The number of aromatic nitrogens is 3. The van der Waals surface area contributed by atoms with E-state index in [9.17, 15) is 13.2 Å². The molecule has 192 valence electrons. The average Bonchev–Trinajstić information content (AvgIpc) is 3.35. The largest absolute Gasteiger partial charge is 0.302 e. The first kappa shape index (κ1) is 26.8. The van der Waals surface area contributed by atoms with Gasteiger partial charge in [0, 0.05) is 30.8 Å². The Hall–Kier alpha value is -3.27. The maximum atomic E-state index is 13.1. The van der Waals surface area contributed by atoms with E-state index in [4.69, 9.17) is 0 Å². The molecular weight excluding hydrogens is 504 g/mol. The zero-order chi connectivity index (χ0) is 26.3. The van der Waals surface area contributed by atoms with Crippen LogP contribution in [0.5, 0.6) is 0 Å². The zero-order valence-electron chi connectivity index (χ0n) is 20.9. The molecule has 0 spiro atoms. The highest BCUT2D eigenvalue weighted by Gasteiger charge is 2.23. The number of hydrogen-bond donors (Lipinski definition) is 0. The summed E-state index contributed by atoms with van der Waals surface area (Å²) >= 11 is 1.34. The van der Waals surface area contributed by atoms with Gasteiger partial charge in [0.2, 0.25) is 10.0 Å². The minimum Gasteiger partial charge on any atom is -0.302 e. The second-order valence-electron chi connectivity index (χ2n) is 8.39. The van der Waals surface area contributed by atoms with Gasteiger partial charge in [0.15, 0.2) is 16.8 Å². The first-order valence-corrected chi connectivity index (χ1v) is 14.6. The number of Topliss-reactive ketones (excluding diaryl/α,β-unsaturated/α-hetero) is 1. The molecule has 37 heavy (non-hydrogen) atoms. The Bertz CT molecular complexity index is 1430. The normalized spacial score (nSPS) is 11.6. The van der Waals surface area contributed by atoms with Crippen molar-refractivity contribution in [2.24, 2.45) is 0 Å². The number of carbonyl (C=O) groups excluding carboxylic acids is 1. The quantitative estimate of drug-likeness (QED) is 0.184. The number of ketones is 1. The summed E-state index contributed by atoms with van der Waals surface area (Å²) in [5, 5.41) is 9.44. The van der Waals surface area contributed by atoms with Crippen LogP contribution in [0.15, 0.2) is 95.0 Å². The predicted molar refractivity (Wildman–Crippen MR) is 147 cm³/mol. The molecule has 0 aliphatic rings. The number of benzene rings is 3. The van der Waals surface area contributed by atoms with Crippen molar-refractivity contribution >= 4 is 27.6 Å². The molecule has 4 rings (SSSR count). The molecule has 0 N–H and O–H groups in total. The minimum absolute atomic E-state index is 0.0112. The van der Waals surface area contributed by atoms with Gasteiger partial charge in [0.05, 0.1) is 10.6 Å². The van der Waals surface area contributed by atoms with E-state index in [2.05, 4.69) is 22.3 Å². The van der Waals surface area contributed by atoms with Crippen LogP contribution in [0.4, 0.5) is 0 Å². The molecule has 7 nitrogen and oxygen atoms in total. The summed E-state index contributed by atoms with van der Waals surface area (Å²) in [6.07, 6.45) is 0.740. The highest BCUT2D eigenvalue weighted by molar-refractivity contribution is 7.99. The van der Waals surface area contributed by atoms with Gasteiger partial charge in [0.1, 0.15) is 0 Å². The number of hydrogen-bond acceptors (Lipinski definition) is 6. The van der Waals surface area contributed by atoms with E-state index in [1.165, 1.54) is 16.1 Å². The number of nitrogens with zero attached hydrogens (tertiary/aromatic N) is 4. The van der Waals surface area contributed by atoms with Crippen molar-refractivity contribution in [3.63, 3.8) is 0 Å². The van der Waals surface area contributed by atoms with Crippen molar-refractivity contribution in [3.8, 4) is 11.4 Å². The summed E-state index contributed by atoms with van der Waals surface area (Å²) in [6.45, 7) is 5.02. The van der Waals surface area contributed by atoms with Crippen molar-refractivity contribution in [2.45, 2.75) is 36.9 Å². The summed E-state index contributed by atoms with van der Waals surface area (Å²) in [6, 6.07) is 26.1. The summed E-state index contributed by atoms with van der Waals surface area (Å²) in [5.74, 6) is 0.809. The second kappa shape index (κ2) is 12.3. The molecule has 0 amide bonds. The van der Waals surface area contributed by atoms with Gasteiger partial charge in [-0.15, -0.1) is 10.2 Å². The van der Waals surface area contributed by atoms with Crippen molar-refractivity contribution < 1.29 is 13.2 Å². The van der Waals surface area contributed by atoms with Gasteiger partial charge >= 0.3 is 0 Å². The zero-order valence-corrected chi connectivity index (χ0v) is 22.6. The fourth-order valence-corrected chi connectivity index (χ4v) is 6.41. The molecule has 9 heteroatoms. The van der Waals surface area contributed by atoms with Gasteiger partial charge in [-0.3, -0.25) is 4.79 Å². The van der Waals surface area contributed by atoms with Crippen LogP contribution in [-0.2, 0) is 23.0 Å². The Morgan fingerprint density at radius 1 is 0.892 bits per heavy atom. The SMILES string of the molecule is CCN(CC)S(=O)(=O)c1cccc(-c2nnc(SCC(=O)c3ccccc3)n2CCc2ccccc2)c1. The van der Waals surface area contributed by atoms with Crippen LogP contribution in [0.1, 0.15) is 29.8 Å². The molecule has 4 aromatic rings. The Morgan fingerprint density at radius 3 is 2.24 bits per heavy atom. The summed E-state index contributed by atoms with van der Waals surface area (Å²) < 4.78 is 29.7. The van der Waals surface area contributed by atoms with Gasteiger partial charge in [-0.25, -0.2) is 8.42 Å². The van der Waals surface area contributed by atoms with Crippen LogP contribution in [0.25, 0.3) is 11.4 Å².